The minimum absolute atomic E-state index is 0.0962. The zero-order chi connectivity index (χ0) is 19.0. The van der Waals surface area contributed by atoms with Crippen LogP contribution in [0.2, 0.25) is 0 Å². The molecule has 27 heavy (non-hydrogen) atoms. The fourth-order valence-corrected chi connectivity index (χ4v) is 3.26. The van der Waals surface area contributed by atoms with E-state index < -0.39 is 5.82 Å². The van der Waals surface area contributed by atoms with E-state index in [1.807, 2.05) is 14.0 Å². The molecule has 0 bridgehead atoms. The number of hydrogen-bond acceptors (Lipinski definition) is 5. The molecular weight excluding hydrogens is 351 g/mol. The molecular formula is C18H19FN6O2. The van der Waals surface area contributed by atoms with Crippen molar-refractivity contribution in [1.29, 1.82) is 0 Å². The van der Waals surface area contributed by atoms with Crippen molar-refractivity contribution in [3.05, 3.63) is 41.3 Å². The Bertz CT molecular complexity index is 996. The van der Waals surface area contributed by atoms with Crippen LogP contribution >= 0.6 is 0 Å². The summed E-state index contributed by atoms with van der Waals surface area (Å²) < 4.78 is 21.5. The Labute approximate surface area is 155 Å². The zero-order valence-corrected chi connectivity index (χ0v) is 15.1. The van der Waals surface area contributed by atoms with Gasteiger partial charge in [0.15, 0.2) is 5.69 Å². The maximum Gasteiger partial charge on any atom is 0.317 e. The van der Waals surface area contributed by atoms with Crippen molar-refractivity contribution >= 4 is 6.03 Å². The van der Waals surface area contributed by atoms with E-state index in [9.17, 15) is 9.18 Å². The summed E-state index contributed by atoms with van der Waals surface area (Å²) in [6.07, 6.45) is 0.685. The van der Waals surface area contributed by atoms with Gasteiger partial charge < -0.3 is 14.6 Å². The fourth-order valence-electron chi connectivity index (χ4n) is 3.26. The number of nitrogens with zero attached hydrogens (tertiary/aromatic N) is 5. The molecule has 1 N–H and O–H groups in total. The zero-order valence-electron chi connectivity index (χ0n) is 15.1. The molecule has 4 rings (SSSR count). The Kier molecular flexibility index (Phi) is 4.35. The molecule has 0 atom stereocenters. The molecule has 0 radical (unpaired) electrons. The van der Waals surface area contributed by atoms with E-state index in [-0.39, 0.29) is 23.4 Å². The van der Waals surface area contributed by atoms with Gasteiger partial charge in [-0.3, -0.25) is 4.68 Å². The molecule has 3 aromatic rings. The van der Waals surface area contributed by atoms with Gasteiger partial charge in [0.25, 0.3) is 11.8 Å². The maximum absolute atomic E-state index is 14.0. The summed E-state index contributed by atoms with van der Waals surface area (Å²) in [7, 11) is 1.85. The topological polar surface area (TPSA) is 89.1 Å². The molecule has 0 aliphatic carbocycles. The smallest absolute Gasteiger partial charge is 0.317 e. The lowest BCUT2D eigenvalue weighted by Crippen LogP contribution is -2.42. The molecule has 1 aromatic carbocycles. The average molecular weight is 370 g/mol. The van der Waals surface area contributed by atoms with Crippen LogP contribution in [0.15, 0.2) is 28.7 Å². The number of amides is 2. The first-order chi connectivity index (χ1) is 13.1. The van der Waals surface area contributed by atoms with Crippen molar-refractivity contribution < 1.29 is 13.6 Å². The van der Waals surface area contributed by atoms with Crippen molar-refractivity contribution in [2.24, 2.45) is 7.05 Å². The van der Waals surface area contributed by atoms with E-state index in [0.717, 1.165) is 11.3 Å². The Morgan fingerprint density at radius 1 is 1.30 bits per heavy atom. The highest BCUT2D eigenvalue weighted by molar-refractivity contribution is 5.75. The number of fused-ring (bicyclic) bond motifs is 1. The summed E-state index contributed by atoms with van der Waals surface area (Å²) in [6, 6.07) is 6.11. The molecule has 0 spiro atoms. The maximum atomic E-state index is 14.0. The number of aryl methyl sites for hydroxylation is 1. The molecule has 8 nitrogen and oxygen atoms in total. The van der Waals surface area contributed by atoms with Crippen molar-refractivity contribution in [2.75, 3.05) is 13.1 Å². The van der Waals surface area contributed by atoms with Crippen molar-refractivity contribution in [3.8, 4) is 23.0 Å². The fraction of sp³-hybridized carbons (Fsp3) is 0.333. The first kappa shape index (κ1) is 17.2. The van der Waals surface area contributed by atoms with Gasteiger partial charge in [-0.15, -0.1) is 10.2 Å². The highest BCUT2D eigenvalue weighted by atomic mass is 19.1. The second kappa shape index (κ2) is 6.82. The summed E-state index contributed by atoms with van der Waals surface area (Å²) in [4.78, 5) is 13.9. The number of nitrogens with one attached hydrogen (secondary N) is 1. The minimum Gasteiger partial charge on any atom is -0.414 e. The third-order valence-electron chi connectivity index (χ3n) is 4.59. The van der Waals surface area contributed by atoms with E-state index in [0.29, 0.717) is 31.7 Å². The van der Waals surface area contributed by atoms with Gasteiger partial charge in [-0.05, 0) is 19.1 Å². The highest BCUT2D eigenvalue weighted by Crippen LogP contribution is 2.31. The Morgan fingerprint density at radius 2 is 2.07 bits per heavy atom. The van der Waals surface area contributed by atoms with Gasteiger partial charge in [-0.2, -0.15) is 5.10 Å². The number of benzene rings is 1. The molecule has 0 fully saturated rings. The molecule has 140 valence electrons. The highest BCUT2D eigenvalue weighted by Gasteiger charge is 2.29. The van der Waals surface area contributed by atoms with Gasteiger partial charge in [-0.25, -0.2) is 9.18 Å². The van der Waals surface area contributed by atoms with Crippen molar-refractivity contribution in [3.63, 3.8) is 0 Å². The van der Waals surface area contributed by atoms with Crippen LogP contribution in [0, 0.1) is 5.82 Å². The molecule has 3 heterocycles. The number of urea groups is 1. The van der Waals surface area contributed by atoms with Gasteiger partial charge in [0, 0.05) is 37.8 Å². The largest absolute Gasteiger partial charge is 0.414 e. The van der Waals surface area contributed by atoms with Crippen LogP contribution in [0.3, 0.4) is 0 Å². The third-order valence-corrected chi connectivity index (χ3v) is 4.59. The van der Waals surface area contributed by atoms with Gasteiger partial charge in [0.05, 0.1) is 12.1 Å². The summed E-state index contributed by atoms with van der Waals surface area (Å²) in [5, 5.41) is 15.3. The quantitative estimate of drug-likeness (QED) is 0.765. The number of rotatable bonds is 3. The van der Waals surface area contributed by atoms with Gasteiger partial charge in [0.2, 0.25) is 0 Å². The van der Waals surface area contributed by atoms with Crippen LogP contribution in [-0.2, 0) is 20.0 Å². The van der Waals surface area contributed by atoms with Crippen molar-refractivity contribution in [2.45, 2.75) is 19.9 Å². The van der Waals surface area contributed by atoms with Crippen molar-refractivity contribution in [1.82, 2.24) is 30.2 Å². The summed E-state index contributed by atoms with van der Waals surface area (Å²) >= 11 is 0. The molecule has 1 aliphatic heterocycles. The molecule has 0 unspecified atom stereocenters. The van der Waals surface area contributed by atoms with Crippen LogP contribution in [0.4, 0.5) is 9.18 Å². The predicted molar refractivity (Wildman–Crippen MR) is 95.1 cm³/mol. The molecule has 0 saturated heterocycles. The van der Waals surface area contributed by atoms with Crippen LogP contribution in [0.25, 0.3) is 23.0 Å². The summed E-state index contributed by atoms with van der Waals surface area (Å²) in [6.45, 7) is 3.47. The van der Waals surface area contributed by atoms with Gasteiger partial charge in [-0.1, -0.05) is 12.1 Å². The standard InChI is InChI=1S/C18H19FN6O2/c1-3-20-18(26)25-9-8-14-12(10-25)15(23-24(14)2)17-22-21-16(27-17)11-6-4-5-7-13(11)19/h4-7H,3,8-10H2,1-2H3,(H,20,26). The minimum atomic E-state index is -0.432. The third kappa shape index (κ3) is 3.05. The average Bonchev–Trinajstić information content (AvgIpc) is 3.27. The number of carbonyl (C=O) groups excluding carboxylic acids is 1. The first-order valence-electron chi connectivity index (χ1n) is 8.74. The van der Waals surface area contributed by atoms with Crippen LogP contribution in [0.5, 0.6) is 0 Å². The number of hydrogen-bond donors (Lipinski definition) is 1. The normalized spacial score (nSPS) is 13.5. The van der Waals surface area contributed by atoms with E-state index >= 15 is 0 Å². The Balaban J connectivity index is 1.69. The second-order valence-corrected chi connectivity index (χ2v) is 6.30. The molecule has 2 aromatic heterocycles. The van der Waals surface area contributed by atoms with Gasteiger partial charge in [0.1, 0.15) is 5.82 Å². The van der Waals surface area contributed by atoms with E-state index in [2.05, 4.69) is 20.6 Å². The van der Waals surface area contributed by atoms with E-state index in [1.165, 1.54) is 6.07 Å². The predicted octanol–water partition coefficient (Wildman–Crippen LogP) is 2.36. The molecule has 2 amide bonds. The van der Waals surface area contributed by atoms with Gasteiger partial charge >= 0.3 is 6.03 Å². The van der Waals surface area contributed by atoms with Crippen LogP contribution in [-0.4, -0.2) is 44.0 Å². The first-order valence-corrected chi connectivity index (χ1v) is 8.74. The van der Waals surface area contributed by atoms with E-state index in [4.69, 9.17) is 4.42 Å². The van der Waals surface area contributed by atoms with E-state index in [1.54, 1.807) is 27.8 Å². The lowest BCUT2D eigenvalue weighted by Gasteiger charge is -2.27. The number of aromatic nitrogens is 4. The molecule has 0 saturated carbocycles. The second-order valence-electron chi connectivity index (χ2n) is 6.30. The Hall–Kier alpha value is -3.23. The van der Waals surface area contributed by atoms with Crippen LogP contribution in [0.1, 0.15) is 18.2 Å². The summed E-state index contributed by atoms with van der Waals surface area (Å²) in [5.41, 5.74) is 2.66. The monoisotopic (exact) mass is 370 g/mol. The number of halogens is 1. The Morgan fingerprint density at radius 3 is 2.85 bits per heavy atom. The van der Waals surface area contributed by atoms with Crippen LogP contribution < -0.4 is 5.32 Å². The summed E-state index contributed by atoms with van der Waals surface area (Å²) in [5.74, 6) is -0.125. The molecule has 1 aliphatic rings. The lowest BCUT2D eigenvalue weighted by atomic mass is 10.1. The molecule has 9 heteroatoms. The SMILES string of the molecule is CCNC(=O)N1CCc2c(c(-c3nnc(-c4ccccc4F)o3)nn2C)C1. The lowest BCUT2D eigenvalue weighted by molar-refractivity contribution is 0.192. The number of carbonyl (C=O) groups is 1.